The Bertz CT molecular complexity index is 435. The van der Waals surface area contributed by atoms with Gasteiger partial charge < -0.3 is 15.2 Å². The van der Waals surface area contributed by atoms with Crippen LogP contribution >= 0.6 is 0 Å². The van der Waals surface area contributed by atoms with E-state index in [4.69, 9.17) is 20.6 Å². The third-order valence-electron chi connectivity index (χ3n) is 3.05. The summed E-state index contributed by atoms with van der Waals surface area (Å²) in [5, 5.41) is 7.34. The standard InChI is InChI=1S/C16H27N3O2/c1-13(2)12-19(9-8-16(17)18)10-11-21-15-7-5-4-6-14(15)20-3/h4-7,13H,8-12H2,1-3H3,(H3,17,18). The number of methoxy groups -OCH3 is 1. The number of rotatable bonds is 10. The second kappa shape index (κ2) is 9.23. The molecule has 0 saturated heterocycles. The molecule has 0 atom stereocenters. The van der Waals surface area contributed by atoms with E-state index in [0.717, 1.165) is 31.1 Å². The molecule has 0 aliphatic heterocycles. The van der Waals surface area contributed by atoms with E-state index in [1.807, 2.05) is 24.3 Å². The van der Waals surface area contributed by atoms with Crippen LogP contribution in [0.15, 0.2) is 24.3 Å². The largest absolute Gasteiger partial charge is 0.493 e. The Balaban J connectivity index is 2.46. The van der Waals surface area contributed by atoms with Gasteiger partial charge in [-0.3, -0.25) is 10.3 Å². The first-order valence-electron chi connectivity index (χ1n) is 7.34. The molecule has 0 aromatic heterocycles. The van der Waals surface area contributed by atoms with Gasteiger partial charge in [0.25, 0.3) is 0 Å². The van der Waals surface area contributed by atoms with Crippen LogP contribution in [-0.2, 0) is 0 Å². The van der Waals surface area contributed by atoms with Crippen LogP contribution in [0.5, 0.6) is 11.5 Å². The summed E-state index contributed by atoms with van der Waals surface area (Å²) >= 11 is 0. The second-order valence-electron chi connectivity index (χ2n) is 5.47. The molecule has 1 rings (SSSR count). The van der Waals surface area contributed by atoms with Gasteiger partial charge in [-0.1, -0.05) is 26.0 Å². The Morgan fingerprint density at radius 3 is 2.48 bits per heavy atom. The van der Waals surface area contributed by atoms with Crippen LogP contribution in [0, 0.1) is 11.3 Å². The molecule has 0 bridgehead atoms. The Morgan fingerprint density at radius 1 is 1.24 bits per heavy atom. The molecule has 3 N–H and O–H groups in total. The number of nitrogens with two attached hydrogens (primary N) is 1. The number of hydrogen-bond donors (Lipinski definition) is 2. The van der Waals surface area contributed by atoms with Gasteiger partial charge in [-0.2, -0.15) is 0 Å². The molecular weight excluding hydrogens is 266 g/mol. The molecule has 0 heterocycles. The molecule has 0 unspecified atom stereocenters. The maximum atomic E-state index is 7.34. The van der Waals surface area contributed by atoms with Crippen molar-refractivity contribution in [1.82, 2.24) is 4.90 Å². The molecule has 1 aromatic carbocycles. The van der Waals surface area contributed by atoms with Gasteiger partial charge in [0.2, 0.25) is 0 Å². The molecule has 5 nitrogen and oxygen atoms in total. The summed E-state index contributed by atoms with van der Waals surface area (Å²) in [5.74, 6) is 2.31. The van der Waals surface area contributed by atoms with Crippen molar-refractivity contribution in [3.63, 3.8) is 0 Å². The highest BCUT2D eigenvalue weighted by Crippen LogP contribution is 2.25. The van der Waals surface area contributed by atoms with E-state index < -0.39 is 0 Å². The molecule has 0 fully saturated rings. The van der Waals surface area contributed by atoms with Crippen LogP contribution < -0.4 is 15.2 Å². The van der Waals surface area contributed by atoms with Crippen molar-refractivity contribution in [2.45, 2.75) is 20.3 Å². The van der Waals surface area contributed by atoms with E-state index in [-0.39, 0.29) is 5.84 Å². The van der Waals surface area contributed by atoms with Crippen molar-refractivity contribution in [2.75, 3.05) is 33.4 Å². The molecule has 5 heteroatoms. The summed E-state index contributed by atoms with van der Waals surface area (Å²) in [6, 6.07) is 7.64. The highest BCUT2D eigenvalue weighted by atomic mass is 16.5. The summed E-state index contributed by atoms with van der Waals surface area (Å²) in [7, 11) is 1.64. The van der Waals surface area contributed by atoms with E-state index in [2.05, 4.69) is 18.7 Å². The van der Waals surface area contributed by atoms with Gasteiger partial charge in [0, 0.05) is 26.1 Å². The maximum Gasteiger partial charge on any atom is 0.161 e. The minimum Gasteiger partial charge on any atom is -0.493 e. The zero-order chi connectivity index (χ0) is 15.7. The first-order valence-corrected chi connectivity index (χ1v) is 7.34. The summed E-state index contributed by atoms with van der Waals surface area (Å²) in [5.41, 5.74) is 5.44. The van der Waals surface area contributed by atoms with Crippen LogP contribution in [-0.4, -0.2) is 44.1 Å². The van der Waals surface area contributed by atoms with Gasteiger partial charge in [0.15, 0.2) is 11.5 Å². The average molecular weight is 293 g/mol. The van der Waals surface area contributed by atoms with E-state index in [1.54, 1.807) is 7.11 Å². The Morgan fingerprint density at radius 2 is 1.90 bits per heavy atom. The average Bonchev–Trinajstić information content (AvgIpc) is 2.44. The van der Waals surface area contributed by atoms with E-state index in [1.165, 1.54) is 0 Å². The lowest BCUT2D eigenvalue weighted by molar-refractivity contribution is 0.193. The summed E-state index contributed by atoms with van der Waals surface area (Å²) < 4.78 is 11.1. The fraction of sp³-hybridized carbons (Fsp3) is 0.562. The van der Waals surface area contributed by atoms with Crippen LogP contribution in [0.2, 0.25) is 0 Å². The minimum absolute atomic E-state index is 0.231. The molecule has 0 radical (unpaired) electrons. The summed E-state index contributed by atoms with van der Waals surface area (Å²) in [4.78, 5) is 2.28. The lowest BCUT2D eigenvalue weighted by Gasteiger charge is -2.24. The lowest BCUT2D eigenvalue weighted by atomic mass is 10.2. The molecule has 0 amide bonds. The van der Waals surface area contributed by atoms with Crippen molar-refractivity contribution < 1.29 is 9.47 Å². The molecule has 118 valence electrons. The highest BCUT2D eigenvalue weighted by Gasteiger charge is 2.09. The second-order valence-corrected chi connectivity index (χ2v) is 5.47. The Hall–Kier alpha value is -1.75. The number of nitrogens with zero attached hydrogens (tertiary/aromatic N) is 1. The Labute approximate surface area is 127 Å². The molecular formula is C16H27N3O2. The van der Waals surface area contributed by atoms with Gasteiger partial charge in [-0.15, -0.1) is 0 Å². The molecule has 1 aromatic rings. The Kier molecular flexibility index (Phi) is 7.61. The first kappa shape index (κ1) is 17.3. The zero-order valence-electron chi connectivity index (χ0n) is 13.3. The van der Waals surface area contributed by atoms with Gasteiger partial charge in [0.1, 0.15) is 6.61 Å². The first-order chi connectivity index (χ1) is 10.0. The highest BCUT2D eigenvalue weighted by molar-refractivity contribution is 5.76. The van der Waals surface area contributed by atoms with Crippen LogP contribution in [0.4, 0.5) is 0 Å². The van der Waals surface area contributed by atoms with Gasteiger partial charge in [0.05, 0.1) is 12.9 Å². The fourth-order valence-corrected chi connectivity index (χ4v) is 2.11. The zero-order valence-corrected chi connectivity index (χ0v) is 13.3. The van der Waals surface area contributed by atoms with Crippen LogP contribution in [0.1, 0.15) is 20.3 Å². The number of para-hydroxylation sites is 2. The lowest BCUT2D eigenvalue weighted by Crippen LogP contribution is -2.34. The number of benzene rings is 1. The minimum atomic E-state index is 0.231. The van der Waals surface area contributed by atoms with Crippen LogP contribution in [0.3, 0.4) is 0 Å². The van der Waals surface area contributed by atoms with Gasteiger partial charge in [-0.05, 0) is 18.1 Å². The van der Waals surface area contributed by atoms with Crippen molar-refractivity contribution >= 4 is 5.84 Å². The predicted molar refractivity (Wildman–Crippen MR) is 86.3 cm³/mol. The van der Waals surface area contributed by atoms with Crippen molar-refractivity contribution in [2.24, 2.45) is 11.7 Å². The third-order valence-corrected chi connectivity index (χ3v) is 3.05. The number of ether oxygens (including phenoxy) is 2. The monoisotopic (exact) mass is 293 g/mol. The van der Waals surface area contributed by atoms with Crippen molar-refractivity contribution in [1.29, 1.82) is 5.41 Å². The normalized spacial score (nSPS) is 10.9. The van der Waals surface area contributed by atoms with Crippen LogP contribution in [0.25, 0.3) is 0 Å². The third kappa shape index (κ3) is 6.99. The van der Waals surface area contributed by atoms with Crippen molar-refractivity contribution in [3.05, 3.63) is 24.3 Å². The molecule has 0 aliphatic rings. The topological polar surface area (TPSA) is 71.6 Å². The van der Waals surface area contributed by atoms with E-state index in [0.29, 0.717) is 18.9 Å². The van der Waals surface area contributed by atoms with E-state index >= 15 is 0 Å². The smallest absolute Gasteiger partial charge is 0.161 e. The number of hydrogen-bond acceptors (Lipinski definition) is 4. The van der Waals surface area contributed by atoms with Crippen molar-refractivity contribution in [3.8, 4) is 11.5 Å². The predicted octanol–water partition coefficient (Wildman–Crippen LogP) is 2.36. The molecule has 0 saturated carbocycles. The van der Waals surface area contributed by atoms with Gasteiger partial charge >= 0.3 is 0 Å². The SMILES string of the molecule is COc1ccccc1OCCN(CCC(=N)N)CC(C)C. The molecule has 0 aliphatic carbocycles. The molecule has 0 spiro atoms. The maximum absolute atomic E-state index is 7.34. The van der Waals surface area contributed by atoms with Gasteiger partial charge in [-0.25, -0.2) is 0 Å². The molecule has 21 heavy (non-hydrogen) atoms. The summed E-state index contributed by atoms with van der Waals surface area (Å²) in [6.07, 6.45) is 0.599. The number of amidine groups is 1. The fourth-order valence-electron chi connectivity index (χ4n) is 2.11. The summed E-state index contributed by atoms with van der Waals surface area (Å²) in [6.45, 7) is 7.53. The number of nitrogens with one attached hydrogen (secondary N) is 1. The quantitative estimate of drug-likeness (QED) is 0.513. The van der Waals surface area contributed by atoms with E-state index in [9.17, 15) is 0 Å².